The highest BCUT2D eigenvalue weighted by molar-refractivity contribution is 14.1. The smallest absolute Gasteiger partial charge is 0.129 e. The molecule has 0 aromatic heterocycles. The minimum atomic E-state index is 0.436. The zero-order valence-electron chi connectivity index (χ0n) is 6.10. The van der Waals surface area contributed by atoms with Crippen molar-refractivity contribution in [3.63, 3.8) is 0 Å². The maximum absolute atomic E-state index is 9.38. The number of hydrogen-bond donors (Lipinski definition) is 1. The molecule has 58 valence electrons. The predicted molar refractivity (Wildman–Crippen MR) is 52.8 cm³/mol. The van der Waals surface area contributed by atoms with Crippen LogP contribution in [0.25, 0.3) is 0 Å². The lowest BCUT2D eigenvalue weighted by atomic mass is 10.1. The second-order valence-electron chi connectivity index (χ2n) is 2.89. The van der Waals surface area contributed by atoms with Gasteiger partial charge in [-0.3, -0.25) is 0 Å². The van der Waals surface area contributed by atoms with Crippen molar-refractivity contribution in [3.05, 3.63) is 26.8 Å². The van der Waals surface area contributed by atoms with Gasteiger partial charge in [-0.05, 0) is 59.0 Å². The van der Waals surface area contributed by atoms with E-state index in [0.717, 1.165) is 9.99 Å². The lowest BCUT2D eigenvalue weighted by Crippen LogP contribution is -1.86. The summed E-state index contributed by atoms with van der Waals surface area (Å²) in [6.07, 6.45) is 3.57. The molecule has 0 atom stereocenters. The Morgan fingerprint density at radius 2 is 2.09 bits per heavy atom. The van der Waals surface area contributed by atoms with Gasteiger partial charge in [-0.15, -0.1) is 0 Å². The molecule has 2 rings (SSSR count). The fraction of sp³-hybridized carbons (Fsp3) is 0.333. The van der Waals surface area contributed by atoms with Crippen LogP contribution in [0, 0.1) is 3.57 Å². The van der Waals surface area contributed by atoms with E-state index >= 15 is 0 Å². The zero-order chi connectivity index (χ0) is 7.84. The van der Waals surface area contributed by atoms with Gasteiger partial charge in [-0.1, -0.05) is 6.07 Å². The molecule has 1 aliphatic carbocycles. The molecule has 0 radical (unpaired) electrons. The molecule has 0 aliphatic heterocycles. The van der Waals surface area contributed by atoms with Gasteiger partial charge >= 0.3 is 0 Å². The minimum Gasteiger partial charge on any atom is -0.507 e. The van der Waals surface area contributed by atoms with Crippen molar-refractivity contribution < 1.29 is 5.11 Å². The first-order valence-corrected chi connectivity index (χ1v) is 4.86. The Labute approximate surface area is 79.6 Å². The Morgan fingerprint density at radius 3 is 2.91 bits per heavy atom. The van der Waals surface area contributed by atoms with Crippen molar-refractivity contribution in [2.24, 2.45) is 0 Å². The second-order valence-corrected chi connectivity index (χ2v) is 3.97. The van der Waals surface area contributed by atoms with Gasteiger partial charge in [0, 0.05) is 0 Å². The third-order valence-corrected chi connectivity index (χ3v) is 3.40. The average molecular weight is 260 g/mol. The highest BCUT2D eigenvalue weighted by atomic mass is 127. The quantitative estimate of drug-likeness (QED) is 0.710. The van der Waals surface area contributed by atoms with Gasteiger partial charge in [0.25, 0.3) is 0 Å². The molecule has 0 saturated heterocycles. The SMILES string of the molecule is Oc1ccc2c(c1I)CCC2. The molecule has 0 amide bonds. The summed E-state index contributed by atoms with van der Waals surface area (Å²) in [6, 6.07) is 3.84. The van der Waals surface area contributed by atoms with Crippen molar-refractivity contribution in [1.29, 1.82) is 0 Å². The minimum absolute atomic E-state index is 0.436. The van der Waals surface area contributed by atoms with Gasteiger partial charge in [0.15, 0.2) is 0 Å². The highest BCUT2D eigenvalue weighted by Crippen LogP contribution is 2.31. The summed E-state index contributed by atoms with van der Waals surface area (Å²) in [5.74, 6) is 0.436. The number of fused-ring (bicyclic) bond motifs is 1. The number of halogens is 1. The molecule has 0 saturated carbocycles. The highest BCUT2D eigenvalue weighted by Gasteiger charge is 2.15. The fourth-order valence-electron chi connectivity index (χ4n) is 1.61. The van der Waals surface area contributed by atoms with Gasteiger partial charge in [0.2, 0.25) is 0 Å². The summed E-state index contributed by atoms with van der Waals surface area (Å²) >= 11 is 2.22. The molecule has 0 unspecified atom stereocenters. The van der Waals surface area contributed by atoms with Gasteiger partial charge in [-0.2, -0.15) is 0 Å². The molecule has 0 heterocycles. The maximum Gasteiger partial charge on any atom is 0.129 e. The molecule has 0 spiro atoms. The molecule has 0 fully saturated rings. The molecule has 1 aliphatic rings. The summed E-state index contributed by atoms with van der Waals surface area (Å²) in [4.78, 5) is 0. The monoisotopic (exact) mass is 260 g/mol. The lowest BCUT2D eigenvalue weighted by molar-refractivity contribution is 0.470. The van der Waals surface area contributed by atoms with Gasteiger partial charge < -0.3 is 5.11 Å². The Balaban J connectivity index is 2.62. The molecule has 1 aromatic carbocycles. The van der Waals surface area contributed by atoms with Crippen molar-refractivity contribution in [2.75, 3.05) is 0 Å². The largest absolute Gasteiger partial charge is 0.507 e. The summed E-state index contributed by atoms with van der Waals surface area (Å²) in [7, 11) is 0. The Hall–Kier alpha value is -0.250. The van der Waals surface area contributed by atoms with Crippen molar-refractivity contribution in [3.8, 4) is 5.75 Å². The van der Waals surface area contributed by atoms with Crippen molar-refractivity contribution in [1.82, 2.24) is 0 Å². The van der Waals surface area contributed by atoms with E-state index in [2.05, 4.69) is 22.6 Å². The first-order valence-electron chi connectivity index (χ1n) is 3.78. The molecule has 2 heteroatoms. The summed E-state index contributed by atoms with van der Waals surface area (Å²) in [6.45, 7) is 0. The molecule has 11 heavy (non-hydrogen) atoms. The van der Waals surface area contributed by atoms with Crippen LogP contribution in [-0.2, 0) is 12.8 Å². The van der Waals surface area contributed by atoms with E-state index in [4.69, 9.17) is 0 Å². The molecule has 1 N–H and O–H groups in total. The average Bonchev–Trinajstić information content (AvgIpc) is 2.45. The topological polar surface area (TPSA) is 20.2 Å². The van der Waals surface area contributed by atoms with E-state index < -0.39 is 0 Å². The van der Waals surface area contributed by atoms with Crippen LogP contribution in [0.4, 0.5) is 0 Å². The Morgan fingerprint density at radius 1 is 1.27 bits per heavy atom. The van der Waals surface area contributed by atoms with Gasteiger partial charge in [-0.25, -0.2) is 0 Å². The summed E-state index contributed by atoms with van der Waals surface area (Å²) in [5, 5.41) is 9.38. The normalized spacial score (nSPS) is 15.0. The molecule has 1 nitrogen and oxygen atoms in total. The first-order chi connectivity index (χ1) is 5.29. The van der Waals surface area contributed by atoms with E-state index in [1.165, 1.54) is 24.0 Å². The maximum atomic E-state index is 9.38. The third kappa shape index (κ3) is 1.13. The number of phenols is 1. The number of rotatable bonds is 0. The molecule has 1 aromatic rings. The Bertz CT molecular complexity index is 294. The Kier molecular flexibility index (Phi) is 1.79. The number of aromatic hydroxyl groups is 1. The second kappa shape index (κ2) is 2.66. The molecule has 0 bridgehead atoms. The first kappa shape index (κ1) is 7.40. The van der Waals surface area contributed by atoms with Crippen LogP contribution < -0.4 is 0 Å². The van der Waals surface area contributed by atoms with Crippen LogP contribution in [0.3, 0.4) is 0 Å². The molecular weight excluding hydrogens is 251 g/mol. The van der Waals surface area contributed by atoms with Crippen LogP contribution in [0.1, 0.15) is 17.5 Å². The molecular formula is C9H9IO. The van der Waals surface area contributed by atoms with Gasteiger partial charge in [0.1, 0.15) is 5.75 Å². The van der Waals surface area contributed by atoms with Crippen LogP contribution in [0.15, 0.2) is 12.1 Å². The van der Waals surface area contributed by atoms with Crippen molar-refractivity contribution >= 4 is 22.6 Å². The standard InChI is InChI=1S/C9H9IO/c10-9-7-3-1-2-6(7)4-5-8(9)11/h4-5,11H,1-3H2. The third-order valence-electron chi connectivity index (χ3n) is 2.19. The van der Waals surface area contributed by atoms with E-state index in [1.807, 2.05) is 6.07 Å². The van der Waals surface area contributed by atoms with Crippen LogP contribution in [0.5, 0.6) is 5.75 Å². The lowest BCUT2D eigenvalue weighted by Gasteiger charge is -2.03. The van der Waals surface area contributed by atoms with E-state index in [-0.39, 0.29) is 0 Å². The van der Waals surface area contributed by atoms with Crippen LogP contribution >= 0.6 is 22.6 Å². The number of hydrogen-bond acceptors (Lipinski definition) is 1. The van der Waals surface area contributed by atoms with E-state index in [0.29, 0.717) is 5.75 Å². The number of aryl methyl sites for hydroxylation is 1. The predicted octanol–water partition coefficient (Wildman–Crippen LogP) is 2.49. The fourth-order valence-corrected chi connectivity index (χ4v) is 2.40. The van der Waals surface area contributed by atoms with E-state index in [9.17, 15) is 5.11 Å². The summed E-state index contributed by atoms with van der Waals surface area (Å²) in [5.41, 5.74) is 2.79. The van der Waals surface area contributed by atoms with Crippen molar-refractivity contribution in [2.45, 2.75) is 19.3 Å². The van der Waals surface area contributed by atoms with Crippen LogP contribution in [0.2, 0.25) is 0 Å². The number of phenolic OH excluding ortho intramolecular Hbond substituents is 1. The number of benzene rings is 1. The summed E-state index contributed by atoms with van der Waals surface area (Å²) < 4.78 is 1.05. The van der Waals surface area contributed by atoms with Crippen LogP contribution in [-0.4, -0.2) is 5.11 Å². The van der Waals surface area contributed by atoms with Gasteiger partial charge in [0.05, 0.1) is 3.57 Å². The zero-order valence-corrected chi connectivity index (χ0v) is 8.26. The van der Waals surface area contributed by atoms with E-state index in [1.54, 1.807) is 6.07 Å².